The van der Waals surface area contributed by atoms with Crippen LogP contribution < -0.4 is 5.32 Å². The van der Waals surface area contributed by atoms with Gasteiger partial charge in [0.05, 0.1) is 11.8 Å². The first-order valence-corrected chi connectivity index (χ1v) is 4.51. The van der Waals surface area contributed by atoms with Gasteiger partial charge in [-0.15, -0.1) is 0 Å². The van der Waals surface area contributed by atoms with Gasteiger partial charge in [-0.2, -0.15) is 0 Å². The molecule has 3 nitrogen and oxygen atoms in total. The molecule has 14 heavy (non-hydrogen) atoms. The molecule has 0 bridgehead atoms. The largest absolute Gasteiger partial charge is 0.388 e. The second kappa shape index (κ2) is 3.64. The Hall–Kier alpha value is -1.61. The van der Waals surface area contributed by atoms with Crippen LogP contribution in [0.4, 0.5) is 5.69 Å². The van der Waals surface area contributed by atoms with Crippen molar-refractivity contribution in [2.24, 2.45) is 0 Å². The van der Waals surface area contributed by atoms with Crippen molar-refractivity contribution < 1.29 is 9.90 Å². The highest BCUT2D eigenvalue weighted by molar-refractivity contribution is 6.00. The first-order valence-electron chi connectivity index (χ1n) is 4.51. The number of carbonyl (C=O) groups is 1. The van der Waals surface area contributed by atoms with E-state index >= 15 is 0 Å². The Labute approximate surface area is 82.1 Å². The predicted octanol–water partition coefficient (Wildman–Crippen LogP) is 1.32. The van der Waals surface area contributed by atoms with Gasteiger partial charge in [-0.3, -0.25) is 4.79 Å². The SMILES string of the molecule is O=C1CC(O)C=C1Nc1ccccc1. The molecular weight excluding hydrogens is 178 g/mol. The number of aliphatic hydroxyl groups is 1. The molecule has 0 aromatic heterocycles. The quantitative estimate of drug-likeness (QED) is 0.737. The molecule has 2 N–H and O–H groups in total. The zero-order valence-corrected chi connectivity index (χ0v) is 7.60. The predicted molar refractivity (Wildman–Crippen MR) is 53.8 cm³/mol. The first kappa shape index (κ1) is 8.97. The number of ketones is 1. The van der Waals surface area contributed by atoms with Gasteiger partial charge in [-0.25, -0.2) is 0 Å². The number of benzene rings is 1. The Morgan fingerprint density at radius 1 is 1.29 bits per heavy atom. The minimum absolute atomic E-state index is 0.0404. The molecule has 1 aromatic carbocycles. The minimum atomic E-state index is -0.631. The molecule has 1 aromatic rings. The number of hydrogen-bond acceptors (Lipinski definition) is 3. The Morgan fingerprint density at radius 2 is 2.00 bits per heavy atom. The summed E-state index contributed by atoms with van der Waals surface area (Å²) in [4.78, 5) is 11.3. The monoisotopic (exact) mass is 189 g/mol. The molecule has 2 rings (SSSR count). The summed E-state index contributed by atoms with van der Waals surface area (Å²) in [5.74, 6) is -0.0404. The number of para-hydroxylation sites is 1. The zero-order valence-electron chi connectivity index (χ0n) is 7.60. The topological polar surface area (TPSA) is 49.3 Å². The second-order valence-corrected chi connectivity index (χ2v) is 3.27. The number of nitrogens with one attached hydrogen (secondary N) is 1. The van der Waals surface area contributed by atoms with Crippen LogP contribution in [0.2, 0.25) is 0 Å². The van der Waals surface area contributed by atoms with Crippen LogP contribution in [0.15, 0.2) is 42.1 Å². The lowest BCUT2D eigenvalue weighted by molar-refractivity contribution is -0.115. The van der Waals surface area contributed by atoms with Crippen LogP contribution in [-0.2, 0) is 4.79 Å². The normalized spacial score (nSPS) is 20.8. The molecule has 3 heteroatoms. The van der Waals surface area contributed by atoms with E-state index < -0.39 is 6.10 Å². The van der Waals surface area contributed by atoms with Gasteiger partial charge >= 0.3 is 0 Å². The van der Waals surface area contributed by atoms with Crippen molar-refractivity contribution in [3.8, 4) is 0 Å². The molecule has 1 atom stereocenters. The number of hydrogen-bond donors (Lipinski definition) is 2. The van der Waals surface area contributed by atoms with E-state index in [0.717, 1.165) is 5.69 Å². The average Bonchev–Trinajstić information content (AvgIpc) is 2.47. The molecule has 0 radical (unpaired) electrons. The number of allylic oxidation sites excluding steroid dienone is 1. The average molecular weight is 189 g/mol. The van der Waals surface area contributed by atoms with Crippen LogP contribution in [0, 0.1) is 0 Å². The van der Waals surface area contributed by atoms with Crippen molar-refractivity contribution in [3.63, 3.8) is 0 Å². The zero-order chi connectivity index (χ0) is 9.97. The van der Waals surface area contributed by atoms with Crippen LogP contribution in [0.5, 0.6) is 0 Å². The van der Waals surface area contributed by atoms with Gasteiger partial charge in [0.2, 0.25) is 0 Å². The number of Topliss-reactive ketones (excluding diaryl/α,β-unsaturated/α-hetero) is 1. The van der Waals surface area contributed by atoms with E-state index in [9.17, 15) is 9.90 Å². The van der Waals surface area contributed by atoms with E-state index in [4.69, 9.17) is 0 Å². The van der Waals surface area contributed by atoms with Crippen LogP contribution in [0.3, 0.4) is 0 Å². The Morgan fingerprint density at radius 3 is 2.57 bits per heavy atom. The lowest BCUT2D eigenvalue weighted by Crippen LogP contribution is -2.06. The van der Waals surface area contributed by atoms with Gasteiger partial charge in [0, 0.05) is 12.1 Å². The van der Waals surface area contributed by atoms with Gasteiger partial charge in [0.15, 0.2) is 5.78 Å². The molecule has 1 aliphatic carbocycles. The van der Waals surface area contributed by atoms with Crippen LogP contribution >= 0.6 is 0 Å². The van der Waals surface area contributed by atoms with Crippen molar-refractivity contribution in [1.82, 2.24) is 0 Å². The van der Waals surface area contributed by atoms with Gasteiger partial charge in [0.1, 0.15) is 0 Å². The fourth-order valence-corrected chi connectivity index (χ4v) is 1.43. The third-order valence-electron chi connectivity index (χ3n) is 2.11. The van der Waals surface area contributed by atoms with Crippen molar-refractivity contribution in [2.75, 3.05) is 5.32 Å². The summed E-state index contributed by atoms with van der Waals surface area (Å²) in [5.41, 5.74) is 1.35. The van der Waals surface area contributed by atoms with E-state index in [1.165, 1.54) is 0 Å². The van der Waals surface area contributed by atoms with Crippen LogP contribution in [-0.4, -0.2) is 17.0 Å². The van der Waals surface area contributed by atoms with Gasteiger partial charge in [-0.1, -0.05) is 18.2 Å². The first-order chi connectivity index (χ1) is 6.75. The standard InChI is InChI=1S/C11H11NO2/c13-9-6-10(11(14)7-9)12-8-4-2-1-3-5-8/h1-6,9,12-13H,7H2. The van der Waals surface area contributed by atoms with Crippen molar-refractivity contribution in [2.45, 2.75) is 12.5 Å². The Balaban J connectivity index is 2.12. The molecule has 1 unspecified atom stereocenters. The van der Waals surface area contributed by atoms with E-state index in [-0.39, 0.29) is 12.2 Å². The summed E-state index contributed by atoms with van der Waals surface area (Å²) >= 11 is 0. The molecule has 0 saturated carbocycles. The highest BCUT2D eigenvalue weighted by Gasteiger charge is 2.21. The summed E-state index contributed by atoms with van der Waals surface area (Å²) in [6.07, 6.45) is 1.11. The van der Waals surface area contributed by atoms with E-state index in [1.807, 2.05) is 30.3 Å². The summed E-state index contributed by atoms with van der Waals surface area (Å²) < 4.78 is 0. The van der Waals surface area contributed by atoms with Crippen molar-refractivity contribution in [3.05, 3.63) is 42.1 Å². The fraction of sp³-hybridized carbons (Fsp3) is 0.182. The fourth-order valence-electron chi connectivity index (χ4n) is 1.43. The molecular formula is C11H11NO2. The molecule has 0 saturated heterocycles. The molecule has 0 fully saturated rings. The van der Waals surface area contributed by atoms with Crippen LogP contribution in [0.1, 0.15) is 6.42 Å². The van der Waals surface area contributed by atoms with E-state index in [2.05, 4.69) is 5.32 Å². The third kappa shape index (κ3) is 1.83. The molecule has 72 valence electrons. The van der Waals surface area contributed by atoms with Crippen molar-refractivity contribution in [1.29, 1.82) is 0 Å². The van der Waals surface area contributed by atoms with Crippen molar-refractivity contribution >= 4 is 11.5 Å². The lowest BCUT2D eigenvalue weighted by Gasteiger charge is -2.04. The number of carbonyl (C=O) groups excluding carboxylic acids is 1. The highest BCUT2D eigenvalue weighted by atomic mass is 16.3. The highest BCUT2D eigenvalue weighted by Crippen LogP contribution is 2.17. The summed E-state index contributed by atoms with van der Waals surface area (Å²) in [6, 6.07) is 9.43. The Kier molecular flexibility index (Phi) is 2.33. The smallest absolute Gasteiger partial charge is 0.181 e. The maximum Gasteiger partial charge on any atom is 0.181 e. The number of anilines is 1. The number of aliphatic hydroxyl groups excluding tert-OH is 1. The molecule has 0 spiro atoms. The molecule has 0 amide bonds. The summed E-state index contributed by atoms with van der Waals surface area (Å²) in [6.45, 7) is 0. The van der Waals surface area contributed by atoms with E-state index in [1.54, 1.807) is 6.08 Å². The minimum Gasteiger partial charge on any atom is -0.388 e. The summed E-state index contributed by atoms with van der Waals surface area (Å²) in [7, 11) is 0. The summed E-state index contributed by atoms with van der Waals surface area (Å²) in [5, 5.41) is 12.2. The molecule has 0 heterocycles. The van der Waals surface area contributed by atoms with Gasteiger partial charge in [-0.05, 0) is 18.2 Å². The lowest BCUT2D eigenvalue weighted by atomic mass is 10.2. The molecule has 1 aliphatic rings. The van der Waals surface area contributed by atoms with Gasteiger partial charge < -0.3 is 10.4 Å². The second-order valence-electron chi connectivity index (χ2n) is 3.27. The third-order valence-corrected chi connectivity index (χ3v) is 2.11. The Bertz CT molecular complexity index is 370. The number of rotatable bonds is 2. The molecule has 0 aliphatic heterocycles. The van der Waals surface area contributed by atoms with Gasteiger partial charge in [0.25, 0.3) is 0 Å². The van der Waals surface area contributed by atoms with E-state index in [0.29, 0.717) is 5.70 Å². The maximum atomic E-state index is 11.3. The maximum absolute atomic E-state index is 11.3. The van der Waals surface area contributed by atoms with Crippen LogP contribution in [0.25, 0.3) is 0 Å².